The van der Waals surface area contributed by atoms with Crippen molar-refractivity contribution in [3.8, 4) is 0 Å². The molecule has 0 heterocycles. The second kappa shape index (κ2) is 6.77. The van der Waals surface area contributed by atoms with Crippen molar-refractivity contribution in [1.82, 2.24) is 4.72 Å². The second-order valence-corrected chi connectivity index (χ2v) is 8.48. The Balaban J connectivity index is 2.12. The van der Waals surface area contributed by atoms with E-state index in [0.717, 1.165) is 25.7 Å². The molecule has 20 heavy (non-hydrogen) atoms. The van der Waals surface area contributed by atoms with Gasteiger partial charge in [-0.1, -0.05) is 31.4 Å². The quantitative estimate of drug-likeness (QED) is 0.792. The summed E-state index contributed by atoms with van der Waals surface area (Å²) in [4.78, 5) is 0.256. The summed E-state index contributed by atoms with van der Waals surface area (Å²) >= 11 is 9.16. The summed E-state index contributed by atoms with van der Waals surface area (Å²) in [5.74, 6) is 0.689. The van der Waals surface area contributed by atoms with E-state index in [1.165, 1.54) is 12.5 Å². The third kappa shape index (κ3) is 4.20. The van der Waals surface area contributed by atoms with Gasteiger partial charge < -0.3 is 0 Å². The van der Waals surface area contributed by atoms with E-state index < -0.39 is 10.0 Å². The lowest BCUT2D eigenvalue weighted by molar-refractivity contribution is 0.484. The van der Waals surface area contributed by atoms with Gasteiger partial charge in [-0.15, -0.1) is 0 Å². The molecule has 0 saturated heterocycles. The van der Waals surface area contributed by atoms with Crippen LogP contribution in [0.25, 0.3) is 0 Å². The molecule has 0 spiro atoms. The van der Waals surface area contributed by atoms with E-state index >= 15 is 0 Å². The highest BCUT2D eigenvalue weighted by atomic mass is 79.9. The predicted molar refractivity (Wildman–Crippen MR) is 85.5 cm³/mol. The molecule has 1 aromatic rings. The van der Waals surface area contributed by atoms with Crippen LogP contribution in [0.2, 0.25) is 5.02 Å². The normalized spacial score (nSPS) is 24.4. The highest BCUT2D eigenvalue weighted by Gasteiger charge is 2.23. The summed E-state index contributed by atoms with van der Waals surface area (Å²) in [6, 6.07) is 4.72. The van der Waals surface area contributed by atoms with Crippen LogP contribution >= 0.6 is 27.5 Å². The number of rotatable bonds is 3. The van der Waals surface area contributed by atoms with Crippen LogP contribution in [-0.4, -0.2) is 14.5 Å². The van der Waals surface area contributed by atoms with Crippen LogP contribution in [0, 0.1) is 5.92 Å². The molecule has 1 saturated carbocycles. The number of hydrogen-bond donors (Lipinski definition) is 1. The Morgan fingerprint density at radius 1 is 1.25 bits per heavy atom. The van der Waals surface area contributed by atoms with E-state index in [1.807, 2.05) is 0 Å². The smallest absolute Gasteiger partial charge is 0.208 e. The molecule has 1 aromatic carbocycles. The fraction of sp³-hybridized carbons (Fsp3) is 0.571. The molecule has 2 rings (SSSR count). The van der Waals surface area contributed by atoms with Crippen LogP contribution in [-0.2, 0) is 10.0 Å². The zero-order valence-electron chi connectivity index (χ0n) is 11.4. The molecular formula is C14H19BrClNO2S. The average molecular weight is 381 g/mol. The van der Waals surface area contributed by atoms with E-state index in [9.17, 15) is 8.42 Å². The average Bonchev–Trinajstić information content (AvgIpc) is 2.57. The van der Waals surface area contributed by atoms with Gasteiger partial charge in [0.05, 0.1) is 9.92 Å². The molecule has 6 heteroatoms. The molecule has 0 aromatic heterocycles. The maximum Gasteiger partial charge on any atom is 0.240 e. The maximum absolute atomic E-state index is 12.4. The Bertz CT molecular complexity index is 577. The number of benzene rings is 1. The Morgan fingerprint density at radius 2 is 2.00 bits per heavy atom. The fourth-order valence-corrected chi connectivity index (χ4v) is 4.52. The minimum absolute atomic E-state index is 0.0411. The van der Waals surface area contributed by atoms with E-state index in [2.05, 4.69) is 27.6 Å². The molecule has 0 radical (unpaired) electrons. The summed E-state index contributed by atoms with van der Waals surface area (Å²) in [6.45, 7) is 2.23. The predicted octanol–water partition coefficient (Wildman–Crippen LogP) is 4.35. The zero-order valence-corrected chi connectivity index (χ0v) is 14.6. The Labute approximate surface area is 134 Å². The van der Waals surface area contributed by atoms with Crippen molar-refractivity contribution < 1.29 is 8.42 Å². The van der Waals surface area contributed by atoms with Gasteiger partial charge in [0, 0.05) is 10.5 Å². The molecular weight excluding hydrogens is 362 g/mol. The van der Waals surface area contributed by atoms with Crippen LogP contribution in [0.5, 0.6) is 0 Å². The molecule has 0 bridgehead atoms. The van der Waals surface area contributed by atoms with Gasteiger partial charge in [-0.05, 0) is 59.3 Å². The van der Waals surface area contributed by atoms with Gasteiger partial charge in [0.1, 0.15) is 0 Å². The molecule has 112 valence electrons. The van der Waals surface area contributed by atoms with Gasteiger partial charge >= 0.3 is 0 Å². The van der Waals surface area contributed by atoms with E-state index in [4.69, 9.17) is 11.6 Å². The summed E-state index contributed by atoms with van der Waals surface area (Å²) in [5, 5.41) is 0.507. The van der Waals surface area contributed by atoms with Gasteiger partial charge in [0.25, 0.3) is 0 Å². The van der Waals surface area contributed by atoms with Crippen LogP contribution in [0.1, 0.15) is 39.0 Å². The van der Waals surface area contributed by atoms with Gasteiger partial charge in [0.2, 0.25) is 10.0 Å². The standard InChI is InChI=1S/C14H19BrClNO2S/c1-10-3-2-4-11(6-5-10)17-20(18,19)12-7-8-14(16)13(15)9-12/h7-11,17H,2-6H2,1H3. The summed E-state index contributed by atoms with van der Waals surface area (Å²) in [5.41, 5.74) is 0. The molecule has 2 unspecified atom stereocenters. The molecule has 1 N–H and O–H groups in total. The number of halogens is 2. The van der Waals surface area contributed by atoms with E-state index in [0.29, 0.717) is 15.4 Å². The first-order chi connectivity index (χ1) is 9.38. The Hall–Kier alpha value is -0.100. The van der Waals surface area contributed by atoms with E-state index in [-0.39, 0.29) is 10.9 Å². The van der Waals surface area contributed by atoms with E-state index in [1.54, 1.807) is 12.1 Å². The van der Waals surface area contributed by atoms with Crippen LogP contribution in [0.4, 0.5) is 0 Å². The monoisotopic (exact) mass is 379 g/mol. The van der Waals surface area contributed by atoms with Crippen molar-refractivity contribution in [3.63, 3.8) is 0 Å². The molecule has 2 atom stereocenters. The second-order valence-electron chi connectivity index (χ2n) is 5.51. The largest absolute Gasteiger partial charge is 0.240 e. The number of nitrogens with one attached hydrogen (secondary N) is 1. The first kappa shape index (κ1) is 16.3. The summed E-state index contributed by atoms with van der Waals surface area (Å²) in [7, 11) is -3.47. The minimum atomic E-state index is -3.47. The highest BCUT2D eigenvalue weighted by Crippen LogP contribution is 2.27. The lowest BCUT2D eigenvalue weighted by Gasteiger charge is -2.16. The van der Waals surface area contributed by atoms with Gasteiger partial charge in [-0.2, -0.15) is 0 Å². The molecule has 0 aliphatic heterocycles. The third-order valence-corrected chi connectivity index (χ3v) is 6.51. The number of hydrogen-bond acceptors (Lipinski definition) is 2. The highest BCUT2D eigenvalue weighted by molar-refractivity contribution is 9.10. The first-order valence-electron chi connectivity index (χ1n) is 6.86. The van der Waals surface area contributed by atoms with Crippen molar-refractivity contribution >= 4 is 37.6 Å². The van der Waals surface area contributed by atoms with Crippen molar-refractivity contribution in [2.75, 3.05) is 0 Å². The van der Waals surface area contributed by atoms with Crippen molar-refractivity contribution in [2.45, 2.75) is 50.0 Å². The molecule has 3 nitrogen and oxygen atoms in total. The Kier molecular flexibility index (Phi) is 5.51. The molecule has 1 aliphatic rings. The maximum atomic E-state index is 12.4. The van der Waals surface area contributed by atoms with Crippen molar-refractivity contribution in [3.05, 3.63) is 27.7 Å². The first-order valence-corrected chi connectivity index (χ1v) is 9.51. The van der Waals surface area contributed by atoms with Crippen LogP contribution in [0.3, 0.4) is 0 Å². The van der Waals surface area contributed by atoms with Gasteiger partial charge in [0.15, 0.2) is 0 Å². The SMILES string of the molecule is CC1CCCC(NS(=O)(=O)c2ccc(Cl)c(Br)c2)CC1. The summed E-state index contributed by atoms with van der Waals surface area (Å²) < 4.78 is 28.2. The van der Waals surface area contributed by atoms with Crippen molar-refractivity contribution in [2.24, 2.45) is 5.92 Å². The molecule has 1 aliphatic carbocycles. The Morgan fingerprint density at radius 3 is 2.70 bits per heavy atom. The van der Waals surface area contributed by atoms with Gasteiger partial charge in [-0.25, -0.2) is 13.1 Å². The fourth-order valence-electron chi connectivity index (χ4n) is 2.54. The lowest BCUT2D eigenvalue weighted by atomic mass is 10.0. The lowest BCUT2D eigenvalue weighted by Crippen LogP contribution is -2.34. The van der Waals surface area contributed by atoms with Crippen LogP contribution < -0.4 is 4.72 Å². The molecule has 0 amide bonds. The zero-order chi connectivity index (χ0) is 14.8. The molecule has 1 fully saturated rings. The van der Waals surface area contributed by atoms with Crippen LogP contribution in [0.15, 0.2) is 27.6 Å². The van der Waals surface area contributed by atoms with Crippen molar-refractivity contribution in [1.29, 1.82) is 0 Å². The minimum Gasteiger partial charge on any atom is -0.208 e. The summed E-state index contributed by atoms with van der Waals surface area (Å²) in [6.07, 6.45) is 5.17. The van der Waals surface area contributed by atoms with Gasteiger partial charge in [-0.3, -0.25) is 0 Å². The third-order valence-electron chi connectivity index (χ3n) is 3.78. The number of sulfonamides is 1. The topological polar surface area (TPSA) is 46.2 Å².